The van der Waals surface area contributed by atoms with E-state index in [0.717, 1.165) is 24.8 Å². The Hall–Kier alpha value is -1.59. The summed E-state index contributed by atoms with van der Waals surface area (Å²) in [5, 5.41) is 31.0. The second-order valence-corrected chi connectivity index (χ2v) is 8.31. The fourth-order valence-corrected chi connectivity index (χ4v) is 4.47. The number of rotatable bonds is 10. The highest BCUT2D eigenvalue weighted by Gasteiger charge is 2.57. The molecule has 0 fully saturated rings. The molecule has 152 valence electrons. The summed E-state index contributed by atoms with van der Waals surface area (Å²) in [5.74, 6) is -4.98. The Morgan fingerprint density at radius 3 is 2.30 bits per heavy atom. The van der Waals surface area contributed by atoms with Crippen LogP contribution < -0.4 is 4.74 Å². The lowest BCUT2D eigenvalue weighted by Crippen LogP contribution is -2.59. The minimum atomic E-state index is -2.51. The largest absolute Gasteiger partial charge is 0.481 e. The lowest BCUT2D eigenvalue weighted by atomic mass is 9.64. The maximum atomic E-state index is 12.0. The van der Waals surface area contributed by atoms with Gasteiger partial charge in [-0.25, -0.2) is 0 Å². The highest BCUT2D eigenvalue weighted by atomic mass is 16.8. The summed E-state index contributed by atoms with van der Waals surface area (Å²) in [6.07, 6.45) is 8.04. The van der Waals surface area contributed by atoms with E-state index in [4.69, 9.17) is 4.74 Å². The molecular formula is C22H34O5. The molecule has 1 aromatic carbocycles. The molecule has 1 heterocycles. The van der Waals surface area contributed by atoms with Gasteiger partial charge in [-0.1, -0.05) is 83.9 Å². The molecule has 0 bridgehead atoms. The monoisotopic (exact) mass is 378 g/mol. The molecule has 0 amide bonds. The Morgan fingerprint density at radius 2 is 1.67 bits per heavy atom. The van der Waals surface area contributed by atoms with Crippen molar-refractivity contribution in [2.24, 2.45) is 11.8 Å². The molecule has 1 aliphatic rings. The van der Waals surface area contributed by atoms with E-state index < -0.39 is 29.2 Å². The molecule has 0 saturated heterocycles. The fourth-order valence-electron chi connectivity index (χ4n) is 4.47. The Balaban J connectivity index is 2.12. The predicted molar refractivity (Wildman–Crippen MR) is 104 cm³/mol. The Morgan fingerprint density at radius 1 is 1.07 bits per heavy atom. The van der Waals surface area contributed by atoms with Crippen LogP contribution in [0.1, 0.15) is 77.7 Å². The van der Waals surface area contributed by atoms with Crippen molar-refractivity contribution in [3.8, 4) is 5.75 Å². The van der Waals surface area contributed by atoms with E-state index >= 15 is 0 Å². The van der Waals surface area contributed by atoms with Gasteiger partial charge in [-0.2, -0.15) is 0 Å². The highest BCUT2D eigenvalue weighted by molar-refractivity contribution is 5.71. The molecule has 2 atom stereocenters. The number of carbonyl (C=O) groups is 1. The molecule has 0 radical (unpaired) electrons. The number of carboxylic acids is 1. The average Bonchev–Trinajstić information content (AvgIpc) is 2.58. The summed E-state index contributed by atoms with van der Waals surface area (Å²) in [4.78, 5) is 12.0. The third-order valence-corrected chi connectivity index (χ3v) is 5.86. The molecule has 1 aliphatic heterocycles. The third-order valence-electron chi connectivity index (χ3n) is 5.86. The molecular weight excluding hydrogens is 344 g/mol. The Bertz CT molecular complexity index is 623. The summed E-state index contributed by atoms with van der Waals surface area (Å²) < 4.78 is 5.42. The van der Waals surface area contributed by atoms with E-state index in [1.807, 2.05) is 26.0 Å². The molecule has 27 heavy (non-hydrogen) atoms. The SMILES string of the molecule is CCCCCCCCCC(C(=O)O)C1C(O)(O)Oc2ccccc2C1(C)C. The summed E-state index contributed by atoms with van der Waals surface area (Å²) in [5.41, 5.74) is 0.0576. The van der Waals surface area contributed by atoms with Gasteiger partial charge in [0.1, 0.15) is 5.75 Å². The predicted octanol–water partition coefficient (Wildman–Crippen LogP) is 4.45. The van der Waals surface area contributed by atoms with Crippen molar-refractivity contribution in [2.75, 3.05) is 0 Å². The van der Waals surface area contributed by atoms with Crippen LogP contribution in [0.3, 0.4) is 0 Å². The molecule has 2 unspecified atom stereocenters. The Labute approximate surface area is 162 Å². The topological polar surface area (TPSA) is 87.0 Å². The minimum absolute atomic E-state index is 0.392. The first kappa shape index (κ1) is 21.7. The van der Waals surface area contributed by atoms with Crippen LogP contribution in [0.25, 0.3) is 0 Å². The number of fused-ring (bicyclic) bond motifs is 1. The fraction of sp³-hybridized carbons (Fsp3) is 0.682. The van der Waals surface area contributed by atoms with Crippen LogP contribution in [0.5, 0.6) is 5.75 Å². The number of carboxylic acid groups (broad SMARTS) is 1. The van der Waals surface area contributed by atoms with E-state index in [1.165, 1.54) is 25.7 Å². The van der Waals surface area contributed by atoms with Gasteiger partial charge in [-0.3, -0.25) is 4.79 Å². The average molecular weight is 379 g/mol. The standard InChI is InChI=1S/C22H34O5/c1-4-5-6-7-8-9-10-13-16(20(23)24)19-21(2,3)17-14-11-12-15-18(17)27-22(19,25)26/h11-12,14-16,19,25-26H,4-10,13H2,1-3H3,(H,23,24). The minimum Gasteiger partial charge on any atom is -0.481 e. The van der Waals surface area contributed by atoms with E-state index in [1.54, 1.807) is 12.1 Å². The quantitative estimate of drug-likeness (QED) is 0.413. The summed E-state index contributed by atoms with van der Waals surface area (Å²) in [6.45, 7) is 5.90. The zero-order chi connectivity index (χ0) is 20.1. The van der Waals surface area contributed by atoms with Crippen molar-refractivity contribution in [3.05, 3.63) is 29.8 Å². The number of benzene rings is 1. The van der Waals surface area contributed by atoms with Crippen molar-refractivity contribution in [2.45, 2.75) is 83.5 Å². The van der Waals surface area contributed by atoms with Crippen LogP contribution in [0.15, 0.2) is 24.3 Å². The maximum Gasteiger partial charge on any atom is 0.326 e. The van der Waals surface area contributed by atoms with Crippen LogP contribution in [-0.4, -0.2) is 27.3 Å². The van der Waals surface area contributed by atoms with Crippen molar-refractivity contribution < 1.29 is 24.9 Å². The molecule has 0 spiro atoms. The van der Waals surface area contributed by atoms with Crippen molar-refractivity contribution in [1.82, 2.24) is 0 Å². The zero-order valence-corrected chi connectivity index (χ0v) is 16.8. The van der Waals surface area contributed by atoms with Gasteiger partial charge in [-0.15, -0.1) is 0 Å². The Kier molecular flexibility index (Phi) is 7.29. The number of hydrogen-bond donors (Lipinski definition) is 3. The number of para-hydroxylation sites is 1. The van der Waals surface area contributed by atoms with Gasteiger partial charge >= 0.3 is 11.9 Å². The number of ether oxygens (including phenoxy) is 1. The number of aliphatic hydroxyl groups is 2. The lowest BCUT2D eigenvalue weighted by molar-refractivity contribution is -0.348. The van der Waals surface area contributed by atoms with Crippen molar-refractivity contribution in [1.29, 1.82) is 0 Å². The van der Waals surface area contributed by atoms with Gasteiger partial charge in [0, 0.05) is 11.0 Å². The highest BCUT2D eigenvalue weighted by Crippen LogP contribution is 2.51. The van der Waals surface area contributed by atoms with Crippen LogP contribution in [-0.2, 0) is 10.2 Å². The number of hydrogen-bond acceptors (Lipinski definition) is 4. The lowest BCUT2D eigenvalue weighted by Gasteiger charge is -2.48. The summed E-state index contributed by atoms with van der Waals surface area (Å²) >= 11 is 0. The van der Waals surface area contributed by atoms with Crippen LogP contribution in [0.4, 0.5) is 0 Å². The van der Waals surface area contributed by atoms with Gasteiger partial charge in [0.25, 0.3) is 0 Å². The maximum absolute atomic E-state index is 12.0. The normalized spacial score (nSPS) is 21.1. The van der Waals surface area contributed by atoms with Crippen LogP contribution in [0, 0.1) is 11.8 Å². The van der Waals surface area contributed by atoms with E-state index in [9.17, 15) is 20.1 Å². The number of aliphatic carboxylic acids is 1. The van der Waals surface area contributed by atoms with Crippen LogP contribution >= 0.6 is 0 Å². The smallest absolute Gasteiger partial charge is 0.326 e. The molecule has 5 heteroatoms. The summed E-state index contributed by atoms with van der Waals surface area (Å²) in [6, 6.07) is 7.16. The number of unbranched alkanes of at least 4 members (excludes halogenated alkanes) is 6. The first-order valence-corrected chi connectivity index (χ1v) is 10.2. The second-order valence-electron chi connectivity index (χ2n) is 8.31. The second kappa shape index (κ2) is 9.07. The molecule has 0 saturated carbocycles. The van der Waals surface area contributed by atoms with Crippen molar-refractivity contribution >= 4 is 5.97 Å². The molecule has 3 N–H and O–H groups in total. The van der Waals surface area contributed by atoms with Gasteiger partial charge in [0.2, 0.25) is 0 Å². The molecule has 0 aromatic heterocycles. The van der Waals surface area contributed by atoms with E-state index in [-0.39, 0.29) is 0 Å². The molecule has 1 aromatic rings. The van der Waals surface area contributed by atoms with Gasteiger partial charge < -0.3 is 20.1 Å². The molecule has 5 nitrogen and oxygen atoms in total. The summed E-state index contributed by atoms with van der Waals surface area (Å²) in [7, 11) is 0. The van der Waals surface area contributed by atoms with Gasteiger partial charge in [-0.05, 0) is 12.5 Å². The van der Waals surface area contributed by atoms with Crippen LogP contribution in [0.2, 0.25) is 0 Å². The molecule has 2 rings (SSSR count). The van der Waals surface area contributed by atoms with Gasteiger partial charge in [0.15, 0.2) is 0 Å². The van der Waals surface area contributed by atoms with E-state index in [2.05, 4.69) is 6.92 Å². The zero-order valence-electron chi connectivity index (χ0n) is 16.8. The third kappa shape index (κ3) is 5.02. The van der Waals surface area contributed by atoms with Gasteiger partial charge in [0.05, 0.1) is 11.8 Å². The first-order chi connectivity index (χ1) is 12.7. The first-order valence-electron chi connectivity index (χ1n) is 10.2. The van der Waals surface area contributed by atoms with Crippen molar-refractivity contribution in [3.63, 3.8) is 0 Å². The van der Waals surface area contributed by atoms with E-state index in [0.29, 0.717) is 12.2 Å². The molecule has 0 aliphatic carbocycles.